The Morgan fingerprint density at radius 3 is 2.55 bits per heavy atom. The van der Waals surface area contributed by atoms with Gasteiger partial charge in [0, 0.05) is 18.8 Å². The number of sulfonamides is 1. The highest BCUT2D eigenvalue weighted by Gasteiger charge is 2.26. The van der Waals surface area contributed by atoms with Crippen molar-refractivity contribution in [2.75, 3.05) is 25.4 Å². The largest absolute Gasteiger partial charge is 0.398 e. The zero-order chi connectivity index (χ0) is 15.3. The van der Waals surface area contributed by atoms with E-state index in [0.717, 1.165) is 4.31 Å². The first-order chi connectivity index (χ1) is 9.34. The fourth-order valence-electron chi connectivity index (χ4n) is 1.83. The third-order valence-electron chi connectivity index (χ3n) is 2.99. The van der Waals surface area contributed by atoms with E-state index in [1.54, 1.807) is 32.9 Å². The van der Waals surface area contributed by atoms with E-state index < -0.39 is 10.0 Å². The molecule has 0 unspecified atom stereocenters. The Morgan fingerprint density at radius 2 is 2.00 bits per heavy atom. The molecule has 0 spiro atoms. The molecule has 1 aromatic rings. The number of nitrogen functional groups attached to an aromatic ring is 1. The van der Waals surface area contributed by atoms with E-state index in [4.69, 9.17) is 5.73 Å². The van der Waals surface area contributed by atoms with E-state index in [-0.39, 0.29) is 23.9 Å². The van der Waals surface area contributed by atoms with Gasteiger partial charge in [0.2, 0.25) is 15.9 Å². The van der Waals surface area contributed by atoms with Crippen LogP contribution in [0.4, 0.5) is 5.69 Å². The van der Waals surface area contributed by atoms with Gasteiger partial charge in [-0.1, -0.05) is 13.0 Å². The lowest BCUT2D eigenvalue weighted by Crippen LogP contribution is -2.40. The SMILES string of the molecule is CCNC(=O)CN(CC)S(=O)(=O)c1cccc(N)c1C. The number of nitrogens with zero attached hydrogens (tertiary/aromatic N) is 1. The summed E-state index contributed by atoms with van der Waals surface area (Å²) < 4.78 is 26.3. The first kappa shape index (κ1) is 16.5. The Hall–Kier alpha value is -1.60. The topological polar surface area (TPSA) is 92.5 Å². The summed E-state index contributed by atoms with van der Waals surface area (Å²) in [4.78, 5) is 11.7. The first-order valence-corrected chi connectivity index (χ1v) is 7.90. The van der Waals surface area contributed by atoms with Crippen molar-refractivity contribution in [3.8, 4) is 0 Å². The lowest BCUT2D eigenvalue weighted by Gasteiger charge is -2.21. The molecule has 0 aliphatic heterocycles. The predicted molar refractivity (Wildman–Crippen MR) is 78.7 cm³/mol. The van der Waals surface area contributed by atoms with Gasteiger partial charge in [-0.15, -0.1) is 0 Å². The van der Waals surface area contributed by atoms with Crippen molar-refractivity contribution in [1.82, 2.24) is 9.62 Å². The van der Waals surface area contributed by atoms with E-state index >= 15 is 0 Å². The molecular weight excluding hydrogens is 278 g/mol. The number of rotatable bonds is 6. The maximum atomic E-state index is 12.6. The summed E-state index contributed by atoms with van der Waals surface area (Å²) in [6.07, 6.45) is 0. The van der Waals surface area contributed by atoms with Crippen LogP contribution in [-0.2, 0) is 14.8 Å². The second-order valence-corrected chi connectivity index (χ2v) is 6.26. The Kier molecular flexibility index (Phi) is 5.52. The van der Waals surface area contributed by atoms with Crippen LogP contribution in [-0.4, -0.2) is 38.3 Å². The minimum atomic E-state index is -3.73. The minimum absolute atomic E-state index is 0.142. The summed E-state index contributed by atoms with van der Waals surface area (Å²) in [5.41, 5.74) is 6.66. The summed E-state index contributed by atoms with van der Waals surface area (Å²) in [7, 11) is -3.73. The number of benzene rings is 1. The third-order valence-corrected chi connectivity index (χ3v) is 5.06. The molecule has 0 aliphatic carbocycles. The average molecular weight is 299 g/mol. The van der Waals surface area contributed by atoms with Gasteiger partial charge in [0.1, 0.15) is 0 Å². The smallest absolute Gasteiger partial charge is 0.243 e. The number of nitrogens with one attached hydrogen (secondary N) is 1. The van der Waals surface area contributed by atoms with Gasteiger partial charge in [0.05, 0.1) is 11.4 Å². The number of nitrogens with two attached hydrogens (primary N) is 1. The molecule has 1 amide bonds. The van der Waals surface area contributed by atoms with Gasteiger partial charge in [-0.2, -0.15) is 4.31 Å². The molecule has 0 radical (unpaired) electrons. The van der Waals surface area contributed by atoms with Crippen LogP contribution >= 0.6 is 0 Å². The number of carbonyl (C=O) groups excluding carboxylic acids is 1. The molecule has 0 fully saturated rings. The van der Waals surface area contributed by atoms with Gasteiger partial charge in [0.15, 0.2) is 0 Å². The first-order valence-electron chi connectivity index (χ1n) is 6.46. The van der Waals surface area contributed by atoms with Crippen LogP contribution in [0.5, 0.6) is 0 Å². The van der Waals surface area contributed by atoms with E-state index in [9.17, 15) is 13.2 Å². The van der Waals surface area contributed by atoms with Crippen LogP contribution in [0.15, 0.2) is 23.1 Å². The van der Waals surface area contributed by atoms with Gasteiger partial charge in [-0.3, -0.25) is 4.79 Å². The van der Waals surface area contributed by atoms with Gasteiger partial charge < -0.3 is 11.1 Å². The molecular formula is C13H21N3O3S. The van der Waals surface area contributed by atoms with Crippen molar-refractivity contribution in [3.63, 3.8) is 0 Å². The molecule has 0 aromatic heterocycles. The lowest BCUT2D eigenvalue weighted by atomic mass is 10.2. The quantitative estimate of drug-likeness (QED) is 0.757. The molecule has 0 atom stereocenters. The van der Waals surface area contributed by atoms with Crippen molar-refractivity contribution in [2.45, 2.75) is 25.7 Å². The fraction of sp³-hybridized carbons (Fsp3) is 0.462. The normalized spacial score (nSPS) is 11.6. The molecule has 1 rings (SSSR count). The second-order valence-electron chi connectivity index (χ2n) is 4.36. The number of carbonyl (C=O) groups is 1. The fourth-order valence-corrected chi connectivity index (χ4v) is 3.49. The molecule has 0 bridgehead atoms. The summed E-state index contributed by atoms with van der Waals surface area (Å²) in [6, 6.07) is 4.74. The van der Waals surface area contributed by atoms with E-state index in [2.05, 4.69) is 5.32 Å². The van der Waals surface area contributed by atoms with Gasteiger partial charge in [0.25, 0.3) is 0 Å². The van der Waals surface area contributed by atoms with Crippen LogP contribution in [0, 0.1) is 6.92 Å². The van der Waals surface area contributed by atoms with Crippen molar-refractivity contribution in [1.29, 1.82) is 0 Å². The number of anilines is 1. The van der Waals surface area contributed by atoms with Crippen LogP contribution in [0.25, 0.3) is 0 Å². The molecule has 3 N–H and O–H groups in total. The summed E-state index contributed by atoms with van der Waals surface area (Å²) in [6.45, 7) is 5.62. The van der Waals surface area contributed by atoms with E-state index in [0.29, 0.717) is 17.8 Å². The number of amides is 1. The van der Waals surface area contributed by atoms with Gasteiger partial charge in [-0.05, 0) is 31.5 Å². The number of likely N-dealkylation sites (N-methyl/N-ethyl adjacent to an activating group) is 2. The number of hydrogen-bond acceptors (Lipinski definition) is 4. The zero-order valence-electron chi connectivity index (χ0n) is 12.0. The van der Waals surface area contributed by atoms with Crippen molar-refractivity contribution < 1.29 is 13.2 Å². The Labute approximate surface area is 120 Å². The van der Waals surface area contributed by atoms with Gasteiger partial charge in [-0.25, -0.2) is 8.42 Å². The summed E-state index contributed by atoms with van der Waals surface area (Å²) in [5.74, 6) is -0.320. The molecule has 0 saturated carbocycles. The molecule has 1 aromatic carbocycles. The summed E-state index contributed by atoms with van der Waals surface area (Å²) in [5, 5.41) is 2.59. The average Bonchev–Trinajstić information content (AvgIpc) is 2.39. The second kappa shape index (κ2) is 6.71. The molecule has 0 aliphatic rings. The van der Waals surface area contributed by atoms with Crippen molar-refractivity contribution in [2.24, 2.45) is 0 Å². The van der Waals surface area contributed by atoms with Crippen molar-refractivity contribution >= 4 is 21.6 Å². The minimum Gasteiger partial charge on any atom is -0.398 e. The Balaban J connectivity index is 3.12. The molecule has 6 nitrogen and oxygen atoms in total. The molecule has 0 saturated heterocycles. The van der Waals surface area contributed by atoms with Crippen LogP contribution in [0.2, 0.25) is 0 Å². The third kappa shape index (κ3) is 3.49. The molecule has 0 heterocycles. The monoisotopic (exact) mass is 299 g/mol. The van der Waals surface area contributed by atoms with Crippen LogP contribution in [0.1, 0.15) is 19.4 Å². The van der Waals surface area contributed by atoms with Gasteiger partial charge >= 0.3 is 0 Å². The molecule has 7 heteroatoms. The highest BCUT2D eigenvalue weighted by Crippen LogP contribution is 2.23. The maximum Gasteiger partial charge on any atom is 0.243 e. The van der Waals surface area contributed by atoms with Crippen LogP contribution in [0.3, 0.4) is 0 Å². The summed E-state index contributed by atoms with van der Waals surface area (Å²) >= 11 is 0. The van der Waals surface area contributed by atoms with Crippen molar-refractivity contribution in [3.05, 3.63) is 23.8 Å². The Bertz CT molecular complexity index is 585. The standard InChI is InChI=1S/C13H21N3O3S/c1-4-15-13(17)9-16(5-2)20(18,19)12-8-6-7-11(14)10(12)3/h6-8H,4-5,9,14H2,1-3H3,(H,15,17). The highest BCUT2D eigenvalue weighted by molar-refractivity contribution is 7.89. The zero-order valence-corrected chi connectivity index (χ0v) is 12.8. The Morgan fingerprint density at radius 1 is 1.35 bits per heavy atom. The van der Waals surface area contributed by atoms with Crippen LogP contribution < -0.4 is 11.1 Å². The number of hydrogen-bond donors (Lipinski definition) is 2. The highest BCUT2D eigenvalue weighted by atomic mass is 32.2. The molecule has 112 valence electrons. The predicted octanol–water partition coefficient (Wildman–Crippen LogP) is 0.724. The maximum absolute atomic E-state index is 12.6. The molecule has 20 heavy (non-hydrogen) atoms. The lowest BCUT2D eigenvalue weighted by molar-refractivity contribution is -0.121. The van der Waals surface area contributed by atoms with E-state index in [1.807, 2.05) is 0 Å². The van der Waals surface area contributed by atoms with E-state index in [1.165, 1.54) is 6.07 Å².